The Morgan fingerprint density at radius 1 is 1.40 bits per heavy atom. The fourth-order valence-corrected chi connectivity index (χ4v) is 2.27. The number of hydrogen-bond donors (Lipinski definition) is 0. The number of aromatic nitrogens is 2. The smallest absolute Gasteiger partial charge is 0.289 e. The summed E-state index contributed by atoms with van der Waals surface area (Å²) in [6.07, 6.45) is 0. The van der Waals surface area contributed by atoms with Crippen molar-refractivity contribution in [3.05, 3.63) is 41.2 Å². The maximum atomic E-state index is 11.9. The van der Waals surface area contributed by atoms with E-state index in [9.17, 15) is 9.42 Å². The van der Waals surface area contributed by atoms with Gasteiger partial charge in [0.2, 0.25) is 5.69 Å². The Morgan fingerprint density at radius 3 is 2.60 bits per heavy atom. The van der Waals surface area contributed by atoms with Crippen molar-refractivity contribution in [3.8, 4) is 0 Å². The van der Waals surface area contributed by atoms with E-state index in [0.29, 0.717) is 10.6 Å². The maximum Gasteiger partial charge on any atom is 0.289 e. The Kier molecular flexibility index (Phi) is 2.51. The molecule has 0 saturated heterocycles. The van der Waals surface area contributed by atoms with Crippen LogP contribution in [0, 0.1) is 12.1 Å². The summed E-state index contributed by atoms with van der Waals surface area (Å²) < 4.78 is 16.3. The number of benzene rings is 1. The molecule has 0 saturated carbocycles. The van der Waals surface area contributed by atoms with Gasteiger partial charge in [0.05, 0.1) is 0 Å². The monoisotopic (exact) mass is 224 g/mol. The molecule has 0 aliphatic carbocycles. The van der Waals surface area contributed by atoms with Crippen LogP contribution in [0.1, 0.15) is 5.69 Å². The van der Waals surface area contributed by atoms with Gasteiger partial charge in [0.15, 0.2) is 0 Å². The highest BCUT2D eigenvalue weighted by molar-refractivity contribution is 7.85. The Balaban J connectivity index is 2.46. The van der Waals surface area contributed by atoms with Crippen LogP contribution in [0.25, 0.3) is 0 Å². The van der Waals surface area contributed by atoms with Crippen LogP contribution in [0.2, 0.25) is 0 Å². The van der Waals surface area contributed by atoms with Gasteiger partial charge in [0.1, 0.15) is 10.8 Å². The summed E-state index contributed by atoms with van der Waals surface area (Å²) >= 11 is 0. The summed E-state index contributed by atoms with van der Waals surface area (Å²) in [4.78, 5) is 0.728. The summed E-state index contributed by atoms with van der Waals surface area (Å²) in [6.45, 7) is 1.58. The second-order valence-electron chi connectivity index (χ2n) is 2.90. The van der Waals surface area contributed by atoms with Crippen LogP contribution in [0.4, 0.5) is 0 Å². The second kappa shape index (κ2) is 3.82. The molecule has 0 N–H and O–H groups in total. The van der Waals surface area contributed by atoms with E-state index in [0.717, 1.165) is 0 Å². The molecule has 1 heterocycles. The van der Waals surface area contributed by atoms with Crippen molar-refractivity contribution in [1.29, 1.82) is 0 Å². The first-order valence-corrected chi connectivity index (χ1v) is 5.38. The fourth-order valence-electron chi connectivity index (χ4n) is 1.16. The number of aryl methyl sites for hydroxylation is 1. The molecule has 0 bridgehead atoms. The van der Waals surface area contributed by atoms with Gasteiger partial charge in [-0.15, -0.1) is 0 Å². The lowest BCUT2D eigenvalue weighted by Gasteiger charge is -1.97. The molecule has 15 heavy (non-hydrogen) atoms. The predicted octanol–water partition coefficient (Wildman–Crippen LogP) is 0.783. The van der Waals surface area contributed by atoms with Crippen LogP contribution < -0.4 is 4.90 Å². The van der Waals surface area contributed by atoms with Gasteiger partial charge >= 0.3 is 0 Å². The molecule has 6 heteroatoms. The molecule has 2 rings (SSSR count). The highest BCUT2D eigenvalue weighted by Crippen LogP contribution is 2.14. The zero-order valence-corrected chi connectivity index (χ0v) is 8.73. The lowest BCUT2D eigenvalue weighted by molar-refractivity contribution is -0.832. The minimum absolute atomic E-state index is 0.0428. The number of hydrogen-bond acceptors (Lipinski definition) is 4. The van der Waals surface area contributed by atoms with Crippen LogP contribution in [0.5, 0.6) is 0 Å². The van der Waals surface area contributed by atoms with Gasteiger partial charge in [0.25, 0.3) is 5.03 Å². The van der Waals surface area contributed by atoms with Crippen molar-refractivity contribution in [2.24, 2.45) is 0 Å². The third-order valence-corrected chi connectivity index (χ3v) is 3.36. The van der Waals surface area contributed by atoms with Gasteiger partial charge < -0.3 is 5.21 Å². The van der Waals surface area contributed by atoms with Gasteiger partial charge in [-0.3, -0.25) is 4.63 Å². The van der Waals surface area contributed by atoms with E-state index in [2.05, 4.69) is 9.79 Å². The average Bonchev–Trinajstić information content (AvgIpc) is 2.59. The van der Waals surface area contributed by atoms with Crippen molar-refractivity contribution in [3.63, 3.8) is 0 Å². The quantitative estimate of drug-likeness (QED) is 0.707. The lowest BCUT2D eigenvalue weighted by atomic mass is 10.4. The normalized spacial score (nSPS) is 12.6. The summed E-state index contributed by atoms with van der Waals surface area (Å²) in [5, 5.41) is 14.6. The molecule has 78 valence electrons. The summed E-state index contributed by atoms with van der Waals surface area (Å²) in [5.41, 5.74) is 0.340. The summed E-state index contributed by atoms with van der Waals surface area (Å²) in [7, 11) is -1.54. The number of nitrogens with zero attached hydrogens (tertiary/aromatic N) is 2. The van der Waals surface area contributed by atoms with Gasteiger partial charge in [-0.1, -0.05) is 18.2 Å². The van der Waals surface area contributed by atoms with E-state index in [4.69, 9.17) is 0 Å². The Morgan fingerprint density at radius 2 is 2.07 bits per heavy atom. The molecule has 0 amide bonds. The third-order valence-electron chi connectivity index (χ3n) is 1.86. The molecule has 1 aromatic heterocycles. The van der Waals surface area contributed by atoms with Crippen molar-refractivity contribution in [2.45, 2.75) is 16.8 Å². The first-order chi connectivity index (χ1) is 7.20. The molecule has 2 aromatic rings. The molecule has 0 radical (unpaired) electrons. The number of rotatable bonds is 2. The van der Waals surface area contributed by atoms with Crippen LogP contribution in [0.3, 0.4) is 0 Å². The average molecular weight is 224 g/mol. The highest BCUT2D eigenvalue weighted by atomic mass is 32.2. The Bertz CT molecular complexity index is 476. The highest BCUT2D eigenvalue weighted by Gasteiger charge is 2.22. The molecule has 0 aliphatic rings. The largest absolute Gasteiger partial charge is 0.358 e. The van der Waals surface area contributed by atoms with Crippen molar-refractivity contribution in [2.75, 3.05) is 0 Å². The molecule has 1 atom stereocenters. The summed E-state index contributed by atoms with van der Waals surface area (Å²) in [6, 6.07) is 8.69. The summed E-state index contributed by atoms with van der Waals surface area (Å²) in [5.74, 6) is 0. The second-order valence-corrected chi connectivity index (χ2v) is 4.30. The van der Waals surface area contributed by atoms with Gasteiger partial charge in [-0.25, -0.2) is 4.21 Å². The van der Waals surface area contributed by atoms with Crippen molar-refractivity contribution < 1.29 is 13.7 Å². The predicted molar refractivity (Wildman–Crippen MR) is 51.3 cm³/mol. The minimum atomic E-state index is -1.54. The molecular formula is C9H8N2O3S. The molecule has 0 aliphatic heterocycles. The Hall–Kier alpha value is -1.69. The molecular weight excluding hydrogens is 216 g/mol. The molecule has 0 fully saturated rings. The van der Waals surface area contributed by atoms with Crippen LogP contribution in [-0.4, -0.2) is 9.37 Å². The van der Waals surface area contributed by atoms with E-state index in [1.807, 2.05) is 6.07 Å². The van der Waals surface area contributed by atoms with Crippen LogP contribution in [0.15, 0.2) is 44.9 Å². The van der Waals surface area contributed by atoms with E-state index < -0.39 is 10.8 Å². The van der Waals surface area contributed by atoms with Gasteiger partial charge in [-0.05, 0) is 17.0 Å². The first-order valence-electron chi connectivity index (χ1n) is 4.23. The van der Waals surface area contributed by atoms with Crippen molar-refractivity contribution in [1.82, 2.24) is 5.16 Å². The minimum Gasteiger partial charge on any atom is -0.358 e. The van der Waals surface area contributed by atoms with Crippen LogP contribution in [-0.2, 0) is 10.8 Å². The maximum absolute atomic E-state index is 11.9. The Labute approximate surface area is 88.3 Å². The topological polar surface area (TPSA) is 70.0 Å². The van der Waals surface area contributed by atoms with E-state index in [1.54, 1.807) is 31.2 Å². The third kappa shape index (κ3) is 1.75. The van der Waals surface area contributed by atoms with E-state index >= 15 is 0 Å². The molecule has 5 nitrogen and oxygen atoms in total. The lowest BCUT2D eigenvalue weighted by Crippen LogP contribution is -2.28. The molecule has 1 unspecified atom stereocenters. The van der Waals surface area contributed by atoms with Crippen LogP contribution >= 0.6 is 0 Å². The van der Waals surface area contributed by atoms with Gasteiger partial charge in [0, 0.05) is 17.0 Å². The van der Waals surface area contributed by atoms with Gasteiger partial charge in [-0.2, -0.15) is 0 Å². The fraction of sp³-hybridized carbons (Fsp3) is 0.111. The zero-order chi connectivity index (χ0) is 10.8. The van der Waals surface area contributed by atoms with E-state index in [-0.39, 0.29) is 9.93 Å². The van der Waals surface area contributed by atoms with E-state index in [1.165, 1.54) is 0 Å². The SMILES string of the molecule is Cc1no[n+]([O-])c1S(=O)c1ccccc1. The standard InChI is InChI=1S/C9H8N2O3S/c1-7-9(11(12)14-10-7)15(13)8-5-3-2-4-6-8/h2-6H,1H3. The first kappa shape index (κ1) is 9.85. The zero-order valence-electron chi connectivity index (χ0n) is 7.91. The molecule has 1 aromatic carbocycles. The van der Waals surface area contributed by atoms with Crippen molar-refractivity contribution >= 4 is 10.8 Å². The molecule has 0 spiro atoms.